The molecule has 0 fully saturated rings. The Hall–Kier alpha value is -2.76. The fraction of sp³-hybridized carbons (Fsp3) is 0.250. The molecule has 0 saturated carbocycles. The number of nitrogens with zero attached hydrogens (tertiary/aromatic N) is 4. The lowest BCUT2D eigenvalue weighted by molar-refractivity contribution is 0.0951. The van der Waals surface area contributed by atoms with Crippen LogP contribution in [0.3, 0.4) is 0 Å². The minimum Gasteiger partial charge on any atom is -0.350 e. The van der Waals surface area contributed by atoms with Crippen LogP contribution in [0.5, 0.6) is 0 Å². The Kier molecular flexibility index (Phi) is 3.82. The second-order valence-electron chi connectivity index (χ2n) is 5.23. The van der Waals surface area contributed by atoms with Crippen molar-refractivity contribution in [1.82, 2.24) is 25.1 Å². The molecule has 0 aliphatic heterocycles. The van der Waals surface area contributed by atoms with Gasteiger partial charge in [-0.05, 0) is 32.0 Å². The summed E-state index contributed by atoms with van der Waals surface area (Å²) >= 11 is 0. The summed E-state index contributed by atoms with van der Waals surface area (Å²) in [6.45, 7) is 4.96. The number of hydrogen-bond donors (Lipinski definition) is 1. The van der Waals surface area contributed by atoms with Crippen molar-refractivity contribution in [3.05, 3.63) is 53.7 Å². The van der Waals surface area contributed by atoms with E-state index in [1.807, 2.05) is 38.1 Å². The summed E-state index contributed by atoms with van der Waals surface area (Å²) in [6, 6.07) is 7.93. The summed E-state index contributed by atoms with van der Waals surface area (Å²) < 4.78 is 1.68. The maximum Gasteiger partial charge on any atom is 0.253 e. The first kappa shape index (κ1) is 14.2. The van der Waals surface area contributed by atoms with Gasteiger partial charge < -0.3 is 5.32 Å². The largest absolute Gasteiger partial charge is 0.350 e. The maximum absolute atomic E-state index is 12.3. The molecule has 0 spiro atoms. The van der Waals surface area contributed by atoms with Gasteiger partial charge in [-0.1, -0.05) is 11.6 Å². The molecule has 6 heteroatoms. The molecule has 3 aromatic rings. The summed E-state index contributed by atoms with van der Waals surface area (Å²) in [7, 11) is 0. The van der Waals surface area contributed by atoms with Gasteiger partial charge in [0.1, 0.15) is 12.7 Å². The number of aromatic nitrogens is 4. The average Bonchev–Trinajstić information content (AvgIpc) is 3.00. The van der Waals surface area contributed by atoms with Gasteiger partial charge in [0.25, 0.3) is 5.91 Å². The molecule has 22 heavy (non-hydrogen) atoms. The van der Waals surface area contributed by atoms with Gasteiger partial charge in [0.2, 0.25) is 0 Å². The zero-order valence-electron chi connectivity index (χ0n) is 12.6. The number of carbonyl (C=O) groups is 1. The zero-order chi connectivity index (χ0) is 15.5. The van der Waals surface area contributed by atoms with Crippen molar-refractivity contribution in [2.45, 2.75) is 20.4 Å². The van der Waals surface area contributed by atoms with Gasteiger partial charge in [-0.15, -0.1) is 0 Å². The molecule has 112 valence electrons. The van der Waals surface area contributed by atoms with Crippen molar-refractivity contribution in [3.63, 3.8) is 0 Å². The van der Waals surface area contributed by atoms with Crippen molar-refractivity contribution in [3.8, 4) is 0 Å². The topological polar surface area (TPSA) is 72.7 Å². The number of benzene rings is 1. The number of hydrogen-bond acceptors (Lipinski definition) is 4. The second-order valence-corrected chi connectivity index (χ2v) is 5.23. The van der Waals surface area contributed by atoms with Crippen LogP contribution in [0.4, 0.5) is 0 Å². The van der Waals surface area contributed by atoms with Crippen molar-refractivity contribution in [2.24, 2.45) is 0 Å². The highest BCUT2D eigenvalue weighted by molar-refractivity contribution is 5.98. The van der Waals surface area contributed by atoms with Crippen molar-refractivity contribution in [2.75, 3.05) is 6.54 Å². The van der Waals surface area contributed by atoms with E-state index in [0.717, 1.165) is 22.2 Å². The highest BCUT2D eigenvalue weighted by Gasteiger charge is 2.11. The van der Waals surface area contributed by atoms with Crippen LogP contribution in [-0.4, -0.2) is 32.2 Å². The Bertz CT molecular complexity index is 811. The fourth-order valence-electron chi connectivity index (χ4n) is 2.35. The minimum atomic E-state index is -0.117. The van der Waals surface area contributed by atoms with Crippen molar-refractivity contribution in [1.29, 1.82) is 0 Å². The molecule has 0 aliphatic rings. The Morgan fingerprint density at radius 3 is 2.91 bits per heavy atom. The monoisotopic (exact) mass is 295 g/mol. The SMILES string of the molecule is Cc1ccc2nc(C)c(C(=O)NCCn3cncn3)cc2c1. The molecule has 2 aromatic heterocycles. The fourth-order valence-corrected chi connectivity index (χ4v) is 2.35. The predicted octanol–water partition coefficient (Wildman–Crippen LogP) is 1.87. The van der Waals surface area contributed by atoms with Gasteiger partial charge in [0, 0.05) is 11.9 Å². The van der Waals surface area contributed by atoms with Gasteiger partial charge in [0.05, 0.1) is 23.3 Å². The van der Waals surface area contributed by atoms with Crippen molar-refractivity contribution >= 4 is 16.8 Å². The van der Waals surface area contributed by atoms with E-state index in [0.29, 0.717) is 18.7 Å². The molecule has 0 unspecified atom stereocenters. The second kappa shape index (κ2) is 5.93. The third-order valence-corrected chi connectivity index (χ3v) is 3.50. The number of rotatable bonds is 4. The third-order valence-electron chi connectivity index (χ3n) is 3.50. The number of carbonyl (C=O) groups excluding carboxylic acids is 1. The smallest absolute Gasteiger partial charge is 0.253 e. The van der Waals surface area contributed by atoms with Crippen LogP contribution in [-0.2, 0) is 6.54 Å². The summed E-state index contributed by atoms with van der Waals surface area (Å²) in [5, 5.41) is 7.86. The standard InChI is InChI=1S/C16H17N5O/c1-11-3-4-15-13(7-11)8-14(12(2)20-15)16(22)18-5-6-21-10-17-9-19-21/h3-4,7-10H,5-6H2,1-2H3,(H,18,22). The number of pyridine rings is 1. The van der Waals surface area contributed by atoms with Crippen LogP contribution in [0.15, 0.2) is 36.9 Å². The number of amides is 1. The van der Waals surface area contributed by atoms with Gasteiger partial charge >= 0.3 is 0 Å². The van der Waals surface area contributed by atoms with E-state index >= 15 is 0 Å². The minimum absolute atomic E-state index is 0.117. The van der Waals surface area contributed by atoms with Gasteiger partial charge in [-0.3, -0.25) is 14.5 Å². The van der Waals surface area contributed by atoms with E-state index in [4.69, 9.17) is 0 Å². The van der Waals surface area contributed by atoms with Crippen LogP contribution < -0.4 is 5.32 Å². The maximum atomic E-state index is 12.3. The van der Waals surface area contributed by atoms with E-state index in [-0.39, 0.29) is 5.91 Å². The van der Waals surface area contributed by atoms with Gasteiger partial charge in [-0.2, -0.15) is 5.10 Å². The highest BCUT2D eigenvalue weighted by Crippen LogP contribution is 2.18. The molecule has 1 amide bonds. The summed E-state index contributed by atoms with van der Waals surface area (Å²) in [6.07, 6.45) is 3.10. The quantitative estimate of drug-likeness (QED) is 0.797. The Labute approximate surface area is 128 Å². The average molecular weight is 295 g/mol. The molecule has 0 radical (unpaired) electrons. The van der Waals surface area contributed by atoms with Crippen LogP contribution >= 0.6 is 0 Å². The molecule has 0 bridgehead atoms. The predicted molar refractivity (Wildman–Crippen MR) is 83.6 cm³/mol. The van der Waals surface area contributed by atoms with Gasteiger partial charge in [-0.25, -0.2) is 4.98 Å². The Balaban J connectivity index is 1.76. The van der Waals surface area contributed by atoms with E-state index in [1.165, 1.54) is 6.33 Å². The lowest BCUT2D eigenvalue weighted by atomic mass is 10.1. The van der Waals surface area contributed by atoms with Crippen LogP contribution in [0.2, 0.25) is 0 Å². The first-order chi connectivity index (χ1) is 10.6. The van der Waals surface area contributed by atoms with Gasteiger partial charge in [0.15, 0.2) is 0 Å². The highest BCUT2D eigenvalue weighted by atomic mass is 16.1. The lowest BCUT2D eigenvalue weighted by Crippen LogP contribution is -2.28. The molecule has 3 rings (SSSR count). The first-order valence-corrected chi connectivity index (χ1v) is 7.12. The van der Waals surface area contributed by atoms with E-state index in [9.17, 15) is 4.79 Å². The number of aryl methyl sites for hydroxylation is 2. The third kappa shape index (κ3) is 2.95. The van der Waals surface area contributed by atoms with E-state index in [2.05, 4.69) is 20.4 Å². The number of fused-ring (bicyclic) bond motifs is 1. The molecule has 0 aliphatic carbocycles. The zero-order valence-corrected chi connectivity index (χ0v) is 12.6. The summed E-state index contributed by atoms with van der Waals surface area (Å²) in [5.74, 6) is -0.117. The van der Waals surface area contributed by atoms with Crippen LogP contribution in [0.25, 0.3) is 10.9 Å². The summed E-state index contributed by atoms with van der Waals surface area (Å²) in [5.41, 5.74) is 3.39. The number of nitrogens with one attached hydrogen (secondary N) is 1. The molecule has 2 heterocycles. The first-order valence-electron chi connectivity index (χ1n) is 7.12. The molecular weight excluding hydrogens is 278 g/mol. The van der Waals surface area contributed by atoms with E-state index in [1.54, 1.807) is 11.0 Å². The Morgan fingerprint density at radius 1 is 1.27 bits per heavy atom. The summed E-state index contributed by atoms with van der Waals surface area (Å²) in [4.78, 5) is 20.7. The lowest BCUT2D eigenvalue weighted by Gasteiger charge is -2.09. The van der Waals surface area contributed by atoms with Crippen LogP contribution in [0, 0.1) is 13.8 Å². The normalized spacial score (nSPS) is 10.8. The molecule has 1 N–H and O–H groups in total. The molecule has 1 aromatic carbocycles. The molecular formula is C16H17N5O. The molecule has 0 atom stereocenters. The van der Waals surface area contributed by atoms with Crippen LogP contribution in [0.1, 0.15) is 21.6 Å². The van der Waals surface area contributed by atoms with Crippen molar-refractivity contribution < 1.29 is 4.79 Å². The molecule has 6 nitrogen and oxygen atoms in total. The Morgan fingerprint density at radius 2 is 2.14 bits per heavy atom. The van der Waals surface area contributed by atoms with E-state index < -0.39 is 0 Å². The molecule has 0 saturated heterocycles.